The molecule has 0 saturated carbocycles. The van der Waals surface area contributed by atoms with Crippen LogP contribution in [0.25, 0.3) is 0 Å². The van der Waals surface area contributed by atoms with Crippen molar-refractivity contribution in [2.75, 3.05) is 17.2 Å². The van der Waals surface area contributed by atoms with E-state index in [1.807, 2.05) is 0 Å². The number of alkyl halides is 3. The Morgan fingerprint density at radius 2 is 1.37 bits per heavy atom. The van der Waals surface area contributed by atoms with Gasteiger partial charge in [0.05, 0.1) is 12.2 Å². The Labute approximate surface area is 202 Å². The third-order valence-corrected chi connectivity index (χ3v) is 5.24. The number of nitrogens with one attached hydrogen (secondary N) is 2. The van der Waals surface area contributed by atoms with E-state index in [1.54, 1.807) is 36.4 Å². The highest BCUT2D eigenvalue weighted by molar-refractivity contribution is 6.06. The summed E-state index contributed by atoms with van der Waals surface area (Å²) >= 11 is 0. The fraction of sp³-hybridized carbons (Fsp3) is 0.259. The van der Waals surface area contributed by atoms with E-state index in [-0.39, 0.29) is 17.2 Å². The summed E-state index contributed by atoms with van der Waals surface area (Å²) in [5, 5.41) is 5.20. The molecule has 35 heavy (non-hydrogen) atoms. The largest absolute Gasteiger partial charge is 0.494 e. The molecule has 0 bridgehead atoms. The monoisotopic (exact) mass is 484 g/mol. The van der Waals surface area contributed by atoms with Crippen molar-refractivity contribution < 1.29 is 27.5 Å². The molecule has 0 fully saturated rings. The highest BCUT2D eigenvalue weighted by atomic mass is 19.4. The Hall–Kier alpha value is -3.81. The summed E-state index contributed by atoms with van der Waals surface area (Å²) in [6.45, 7) is 2.79. The molecule has 3 aromatic carbocycles. The van der Waals surface area contributed by atoms with E-state index < -0.39 is 17.6 Å². The highest BCUT2D eigenvalue weighted by Gasteiger charge is 2.30. The van der Waals surface area contributed by atoms with Gasteiger partial charge < -0.3 is 15.4 Å². The Morgan fingerprint density at radius 3 is 1.97 bits per heavy atom. The summed E-state index contributed by atoms with van der Waals surface area (Å²) in [7, 11) is 0. The Bertz CT molecular complexity index is 1130. The van der Waals surface area contributed by atoms with Crippen LogP contribution in [0, 0.1) is 0 Å². The van der Waals surface area contributed by atoms with Gasteiger partial charge in [-0.2, -0.15) is 13.2 Å². The minimum Gasteiger partial charge on any atom is -0.494 e. The highest BCUT2D eigenvalue weighted by Crippen LogP contribution is 2.30. The zero-order chi connectivity index (χ0) is 25.3. The van der Waals surface area contributed by atoms with Crippen LogP contribution in [0.4, 0.5) is 24.5 Å². The van der Waals surface area contributed by atoms with Gasteiger partial charge in [-0.15, -0.1) is 0 Å². The molecule has 0 radical (unpaired) electrons. The van der Waals surface area contributed by atoms with E-state index in [0.717, 1.165) is 25.0 Å². The van der Waals surface area contributed by atoms with E-state index in [9.17, 15) is 22.8 Å². The summed E-state index contributed by atoms with van der Waals surface area (Å²) in [4.78, 5) is 24.9. The van der Waals surface area contributed by atoms with Crippen molar-refractivity contribution in [3.63, 3.8) is 0 Å². The van der Waals surface area contributed by atoms with Crippen LogP contribution >= 0.6 is 0 Å². The molecule has 5 nitrogen and oxygen atoms in total. The predicted molar refractivity (Wildman–Crippen MR) is 130 cm³/mol. The minimum absolute atomic E-state index is 0.0376. The quantitative estimate of drug-likeness (QED) is 0.300. The number of hydrogen-bond acceptors (Lipinski definition) is 3. The van der Waals surface area contributed by atoms with Gasteiger partial charge in [0.15, 0.2) is 0 Å². The van der Waals surface area contributed by atoms with Gasteiger partial charge in [-0.05, 0) is 73.2 Å². The van der Waals surface area contributed by atoms with Gasteiger partial charge in [0, 0.05) is 22.5 Å². The second-order valence-corrected chi connectivity index (χ2v) is 8.00. The number of halogens is 3. The molecular formula is C27H27F3N2O3. The molecule has 0 atom stereocenters. The van der Waals surface area contributed by atoms with Crippen LogP contribution in [0.2, 0.25) is 0 Å². The van der Waals surface area contributed by atoms with Gasteiger partial charge in [0.2, 0.25) is 0 Å². The molecule has 0 aliphatic carbocycles. The number of unbranched alkanes of at least 4 members (excludes halogenated alkanes) is 3. The molecule has 8 heteroatoms. The molecular weight excluding hydrogens is 457 g/mol. The molecule has 0 aliphatic heterocycles. The van der Waals surface area contributed by atoms with Crippen LogP contribution in [0.15, 0.2) is 72.8 Å². The molecule has 0 aliphatic rings. The molecule has 184 valence electrons. The lowest BCUT2D eigenvalue weighted by Crippen LogP contribution is -2.14. The topological polar surface area (TPSA) is 67.4 Å². The van der Waals surface area contributed by atoms with Gasteiger partial charge in [-0.1, -0.05) is 32.3 Å². The van der Waals surface area contributed by atoms with Crippen molar-refractivity contribution >= 4 is 23.2 Å². The first kappa shape index (κ1) is 25.8. The molecule has 0 spiro atoms. The number of ether oxygens (including phenoxy) is 1. The maximum Gasteiger partial charge on any atom is 0.416 e. The van der Waals surface area contributed by atoms with Gasteiger partial charge in [0.1, 0.15) is 5.75 Å². The van der Waals surface area contributed by atoms with Gasteiger partial charge in [-0.3, -0.25) is 9.59 Å². The van der Waals surface area contributed by atoms with Crippen LogP contribution in [-0.4, -0.2) is 18.4 Å². The summed E-state index contributed by atoms with van der Waals surface area (Å²) in [5.41, 5.74) is 0.355. The lowest BCUT2D eigenvalue weighted by molar-refractivity contribution is -0.137. The third kappa shape index (κ3) is 7.88. The maximum absolute atomic E-state index is 12.9. The van der Waals surface area contributed by atoms with Gasteiger partial charge in [0.25, 0.3) is 11.8 Å². The Balaban J connectivity index is 1.53. The molecule has 2 amide bonds. The molecule has 3 aromatic rings. The first-order valence-corrected chi connectivity index (χ1v) is 11.4. The standard InChI is InChI=1S/C27H27F3N2O3/c1-2-3-4-5-17-35-24-15-11-20(12-16-24)25(33)31-22-13-9-19(10-14-22)26(34)32-23-8-6-7-21(18-23)27(28,29)30/h6-16,18H,2-5,17H2,1H3,(H,31,33)(H,32,34). The maximum atomic E-state index is 12.9. The van der Waals surface area contributed by atoms with E-state index in [2.05, 4.69) is 17.6 Å². The molecule has 0 aromatic heterocycles. The van der Waals surface area contributed by atoms with E-state index >= 15 is 0 Å². The number of benzene rings is 3. The summed E-state index contributed by atoms with van der Waals surface area (Å²) in [5.74, 6) is -0.178. The number of carbonyl (C=O) groups excluding carboxylic acids is 2. The van der Waals surface area contributed by atoms with E-state index in [0.29, 0.717) is 23.6 Å². The van der Waals surface area contributed by atoms with Crippen LogP contribution in [0.3, 0.4) is 0 Å². The van der Waals surface area contributed by atoms with Crippen molar-refractivity contribution in [1.29, 1.82) is 0 Å². The van der Waals surface area contributed by atoms with Crippen LogP contribution < -0.4 is 15.4 Å². The minimum atomic E-state index is -4.50. The number of amides is 2. The number of carbonyl (C=O) groups is 2. The van der Waals surface area contributed by atoms with Gasteiger partial charge in [-0.25, -0.2) is 0 Å². The van der Waals surface area contributed by atoms with Crippen LogP contribution in [0.1, 0.15) is 58.9 Å². The zero-order valence-electron chi connectivity index (χ0n) is 19.3. The Morgan fingerprint density at radius 1 is 0.771 bits per heavy atom. The fourth-order valence-corrected chi connectivity index (χ4v) is 3.31. The number of anilines is 2. The van der Waals surface area contributed by atoms with Gasteiger partial charge >= 0.3 is 6.18 Å². The van der Waals surface area contributed by atoms with E-state index in [1.165, 1.54) is 37.1 Å². The average molecular weight is 485 g/mol. The lowest BCUT2D eigenvalue weighted by Gasteiger charge is -2.11. The van der Waals surface area contributed by atoms with E-state index in [4.69, 9.17) is 4.74 Å². The molecule has 0 unspecified atom stereocenters. The zero-order valence-corrected chi connectivity index (χ0v) is 19.3. The normalized spacial score (nSPS) is 11.1. The van der Waals surface area contributed by atoms with Crippen molar-refractivity contribution in [3.05, 3.63) is 89.5 Å². The second-order valence-electron chi connectivity index (χ2n) is 8.00. The number of hydrogen-bond donors (Lipinski definition) is 2. The predicted octanol–water partition coefficient (Wildman–Crippen LogP) is 7.17. The first-order chi connectivity index (χ1) is 16.8. The molecule has 3 rings (SSSR count). The molecule has 0 heterocycles. The SMILES string of the molecule is CCCCCCOc1ccc(C(=O)Nc2ccc(C(=O)Nc3cccc(C(F)(F)F)c3)cc2)cc1. The average Bonchev–Trinajstić information content (AvgIpc) is 2.84. The fourth-order valence-electron chi connectivity index (χ4n) is 3.31. The Kier molecular flexibility index (Phi) is 8.89. The summed E-state index contributed by atoms with van der Waals surface area (Å²) < 4.78 is 44.2. The van der Waals surface area contributed by atoms with Crippen molar-refractivity contribution in [3.8, 4) is 5.75 Å². The second kappa shape index (κ2) is 12.1. The first-order valence-electron chi connectivity index (χ1n) is 11.4. The van der Waals surface area contributed by atoms with Crippen LogP contribution in [0.5, 0.6) is 5.75 Å². The third-order valence-electron chi connectivity index (χ3n) is 5.24. The summed E-state index contributed by atoms with van der Waals surface area (Å²) in [6.07, 6.45) is -0.0294. The van der Waals surface area contributed by atoms with Crippen molar-refractivity contribution in [2.24, 2.45) is 0 Å². The van der Waals surface area contributed by atoms with Crippen molar-refractivity contribution in [2.45, 2.75) is 38.8 Å². The van der Waals surface area contributed by atoms with Crippen molar-refractivity contribution in [1.82, 2.24) is 0 Å². The smallest absolute Gasteiger partial charge is 0.416 e. The number of rotatable bonds is 10. The summed E-state index contributed by atoms with van der Waals surface area (Å²) in [6, 6.07) is 17.3. The molecule has 0 saturated heterocycles. The van der Waals surface area contributed by atoms with Crippen LogP contribution in [-0.2, 0) is 6.18 Å². The lowest BCUT2D eigenvalue weighted by atomic mass is 10.1. The molecule has 2 N–H and O–H groups in total.